The largest absolute Gasteiger partial charge is 0.206 e. The maximum absolute atomic E-state index is 13.2. The number of hydrogen-bond donors (Lipinski definition) is 0. The summed E-state index contributed by atoms with van der Waals surface area (Å²) < 4.78 is 13.2. The van der Waals surface area contributed by atoms with Gasteiger partial charge >= 0.3 is 0 Å². The Morgan fingerprint density at radius 1 is 1.17 bits per heavy atom. The predicted molar refractivity (Wildman–Crippen MR) is 48.1 cm³/mol. The fourth-order valence-electron chi connectivity index (χ4n) is 1.35. The third-order valence-electron chi connectivity index (χ3n) is 1.96. The van der Waals surface area contributed by atoms with Crippen molar-refractivity contribution in [2.75, 3.05) is 0 Å². The van der Waals surface area contributed by atoms with E-state index >= 15 is 0 Å². The Morgan fingerprint density at radius 2 is 2.00 bits per heavy atom. The molecular weight excluding hydrogens is 151 g/mol. The first-order valence-electron chi connectivity index (χ1n) is 3.99. The molecule has 0 aromatic heterocycles. The number of allylic oxidation sites excluding steroid dienone is 4. The Morgan fingerprint density at radius 3 is 2.67 bits per heavy atom. The van der Waals surface area contributed by atoms with Crippen molar-refractivity contribution >= 4 is 5.57 Å². The molecule has 0 saturated heterocycles. The average molecular weight is 160 g/mol. The first kappa shape index (κ1) is 7.29. The molecule has 0 bridgehead atoms. The van der Waals surface area contributed by atoms with Gasteiger partial charge in [-0.2, -0.15) is 0 Å². The molecule has 60 valence electrons. The van der Waals surface area contributed by atoms with E-state index in [9.17, 15) is 4.39 Å². The van der Waals surface area contributed by atoms with Gasteiger partial charge in [-0.1, -0.05) is 36.4 Å². The molecule has 12 heavy (non-hydrogen) atoms. The highest BCUT2D eigenvalue weighted by molar-refractivity contribution is 5.76. The molecule has 1 aromatic rings. The standard InChI is InChI=1S/C11H9F/c12-11-8-4-3-7-10(11)9-5-1-2-6-9/h1,3-8H,2H2. The van der Waals surface area contributed by atoms with E-state index in [0.29, 0.717) is 5.56 Å². The van der Waals surface area contributed by atoms with E-state index in [0.717, 1.165) is 12.0 Å². The fraction of sp³-hybridized carbons (Fsp3) is 0.0909. The van der Waals surface area contributed by atoms with Gasteiger partial charge in [0.1, 0.15) is 5.82 Å². The first-order chi connectivity index (χ1) is 5.88. The van der Waals surface area contributed by atoms with Gasteiger partial charge in [0.2, 0.25) is 0 Å². The van der Waals surface area contributed by atoms with E-state index in [1.165, 1.54) is 6.07 Å². The Hall–Kier alpha value is -1.37. The average Bonchev–Trinajstić information content (AvgIpc) is 2.57. The summed E-state index contributed by atoms with van der Waals surface area (Å²) in [6.45, 7) is 0. The minimum absolute atomic E-state index is 0.143. The summed E-state index contributed by atoms with van der Waals surface area (Å²) in [6, 6.07) is 6.85. The van der Waals surface area contributed by atoms with Gasteiger partial charge in [0.05, 0.1) is 0 Å². The number of benzene rings is 1. The number of hydrogen-bond acceptors (Lipinski definition) is 0. The molecule has 1 aliphatic rings. The molecular formula is C11H9F. The van der Waals surface area contributed by atoms with Crippen LogP contribution in [0, 0.1) is 5.82 Å². The van der Waals surface area contributed by atoms with E-state index < -0.39 is 0 Å². The van der Waals surface area contributed by atoms with Crippen LogP contribution in [0.4, 0.5) is 4.39 Å². The van der Waals surface area contributed by atoms with E-state index in [1.807, 2.05) is 24.3 Å². The molecule has 0 N–H and O–H groups in total. The zero-order valence-electron chi connectivity index (χ0n) is 6.63. The van der Waals surface area contributed by atoms with Gasteiger partial charge < -0.3 is 0 Å². The lowest BCUT2D eigenvalue weighted by Crippen LogP contribution is -1.84. The topological polar surface area (TPSA) is 0 Å². The normalized spacial score (nSPS) is 14.9. The third-order valence-corrected chi connectivity index (χ3v) is 1.96. The molecule has 0 saturated carbocycles. The van der Waals surface area contributed by atoms with Crippen molar-refractivity contribution in [3.05, 3.63) is 53.9 Å². The molecule has 0 fully saturated rings. The highest BCUT2D eigenvalue weighted by Crippen LogP contribution is 2.23. The molecule has 2 rings (SSSR count). The van der Waals surface area contributed by atoms with Crippen LogP contribution in [0.2, 0.25) is 0 Å². The maximum atomic E-state index is 13.2. The zero-order valence-corrected chi connectivity index (χ0v) is 6.63. The Bertz CT molecular complexity index is 348. The molecule has 0 aliphatic heterocycles. The van der Waals surface area contributed by atoms with Crippen molar-refractivity contribution < 1.29 is 4.39 Å². The molecule has 1 aliphatic carbocycles. The maximum Gasteiger partial charge on any atom is 0.131 e. The first-order valence-corrected chi connectivity index (χ1v) is 3.99. The molecule has 0 nitrogen and oxygen atoms in total. The molecule has 0 atom stereocenters. The summed E-state index contributed by atoms with van der Waals surface area (Å²) in [5.74, 6) is -0.143. The van der Waals surface area contributed by atoms with Gasteiger partial charge in [0.25, 0.3) is 0 Å². The quantitative estimate of drug-likeness (QED) is 0.592. The highest BCUT2D eigenvalue weighted by atomic mass is 19.1. The lowest BCUT2D eigenvalue weighted by atomic mass is 10.1. The minimum Gasteiger partial charge on any atom is -0.206 e. The van der Waals surface area contributed by atoms with Crippen LogP contribution < -0.4 is 0 Å². The van der Waals surface area contributed by atoms with Crippen LogP contribution in [-0.2, 0) is 0 Å². The van der Waals surface area contributed by atoms with Crippen LogP contribution in [0.3, 0.4) is 0 Å². The third kappa shape index (κ3) is 1.18. The second-order valence-electron chi connectivity index (χ2n) is 2.78. The van der Waals surface area contributed by atoms with Crippen molar-refractivity contribution in [3.63, 3.8) is 0 Å². The number of rotatable bonds is 1. The molecule has 0 spiro atoms. The lowest BCUT2D eigenvalue weighted by molar-refractivity contribution is 0.624. The van der Waals surface area contributed by atoms with Crippen LogP contribution >= 0.6 is 0 Å². The Kier molecular flexibility index (Phi) is 1.78. The van der Waals surface area contributed by atoms with E-state index in [4.69, 9.17) is 0 Å². The molecule has 0 amide bonds. The summed E-state index contributed by atoms with van der Waals surface area (Å²) >= 11 is 0. The summed E-state index contributed by atoms with van der Waals surface area (Å²) in [5.41, 5.74) is 1.69. The zero-order chi connectivity index (χ0) is 8.39. The van der Waals surface area contributed by atoms with Crippen LogP contribution in [0.1, 0.15) is 12.0 Å². The smallest absolute Gasteiger partial charge is 0.131 e. The fourth-order valence-corrected chi connectivity index (χ4v) is 1.35. The summed E-state index contributed by atoms with van der Waals surface area (Å²) in [7, 11) is 0. The minimum atomic E-state index is -0.143. The summed E-state index contributed by atoms with van der Waals surface area (Å²) in [4.78, 5) is 0. The Labute approximate surface area is 71.0 Å². The van der Waals surface area contributed by atoms with Gasteiger partial charge in [-0.15, -0.1) is 0 Å². The van der Waals surface area contributed by atoms with E-state index in [-0.39, 0.29) is 5.82 Å². The van der Waals surface area contributed by atoms with Crippen molar-refractivity contribution in [3.8, 4) is 0 Å². The van der Waals surface area contributed by atoms with Crippen LogP contribution in [0.15, 0.2) is 42.5 Å². The van der Waals surface area contributed by atoms with Gasteiger partial charge in [0, 0.05) is 5.56 Å². The van der Waals surface area contributed by atoms with Crippen LogP contribution in [-0.4, -0.2) is 0 Å². The Balaban J connectivity index is 2.46. The van der Waals surface area contributed by atoms with Crippen LogP contribution in [0.5, 0.6) is 0 Å². The van der Waals surface area contributed by atoms with Gasteiger partial charge in [-0.05, 0) is 18.1 Å². The lowest BCUT2D eigenvalue weighted by Gasteiger charge is -2.00. The molecule has 0 heterocycles. The number of halogens is 1. The molecule has 1 heteroatoms. The van der Waals surface area contributed by atoms with Crippen LogP contribution in [0.25, 0.3) is 5.57 Å². The molecule has 1 aromatic carbocycles. The van der Waals surface area contributed by atoms with E-state index in [1.54, 1.807) is 12.1 Å². The molecule has 0 unspecified atom stereocenters. The monoisotopic (exact) mass is 160 g/mol. The molecule has 0 radical (unpaired) electrons. The van der Waals surface area contributed by atoms with Crippen molar-refractivity contribution in [1.29, 1.82) is 0 Å². The second-order valence-corrected chi connectivity index (χ2v) is 2.78. The van der Waals surface area contributed by atoms with Crippen molar-refractivity contribution in [2.45, 2.75) is 6.42 Å². The SMILES string of the molecule is Fc1ccccc1C1=CCC=C1. The van der Waals surface area contributed by atoms with Crippen molar-refractivity contribution in [1.82, 2.24) is 0 Å². The predicted octanol–water partition coefficient (Wildman–Crippen LogP) is 3.17. The van der Waals surface area contributed by atoms with Gasteiger partial charge in [-0.25, -0.2) is 4.39 Å². The second kappa shape index (κ2) is 2.94. The highest BCUT2D eigenvalue weighted by Gasteiger charge is 2.05. The van der Waals surface area contributed by atoms with Gasteiger partial charge in [0.15, 0.2) is 0 Å². The van der Waals surface area contributed by atoms with Crippen molar-refractivity contribution in [2.24, 2.45) is 0 Å². The summed E-state index contributed by atoms with van der Waals surface area (Å²) in [6.07, 6.45) is 6.93. The van der Waals surface area contributed by atoms with Gasteiger partial charge in [-0.3, -0.25) is 0 Å². The summed E-state index contributed by atoms with van der Waals surface area (Å²) in [5, 5.41) is 0. The van der Waals surface area contributed by atoms with E-state index in [2.05, 4.69) is 0 Å².